The van der Waals surface area contributed by atoms with Gasteiger partial charge in [0.15, 0.2) is 0 Å². The zero-order valence-electron chi connectivity index (χ0n) is 11.9. The second kappa shape index (κ2) is 4.69. The van der Waals surface area contributed by atoms with Gasteiger partial charge >= 0.3 is 6.03 Å². The molecule has 112 valence electrons. The topological polar surface area (TPSA) is 73.5 Å². The van der Waals surface area contributed by atoms with Gasteiger partial charge in [0.1, 0.15) is 6.04 Å². The van der Waals surface area contributed by atoms with E-state index in [1.807, 2.05) is 30.5 Å². The first-order chi connectivity index (χ1) is 10.7. The number of aromatic amines is 1. The van der Waals surface area contributed by atoms with Crippen molar-refractivity contribution in [2.75, 3.05) is 6.54 Å². The summed E-state index contributed by atoms with van der Waals surface area (Å²) in [7, 11) is 0. The Morgan fingerprint density at radius 1 is 1.18 bits per heavy atom. The maximum absolute atomic E-state index is 12.3. The van der Waals surface area contributed by atoms with Crippen molar-refractivity contribution in [3.05, 3.63) is 36.0 Å². The smallest absolute Gasteiger partial charge is 0.334 e. The quantitative estimate of drug-likeness (QED) is 0.876. The van der Waals surface area contributed by atoms with Crippen molar-refractivity contribution < 1.29 is 14.4 Å². The molecular weight excluding hydrogens is 282 g/mol. The lowest BCUT2D eigenvalue weighted by molar-refractivity contribution is -0.130. The third kappa shape index (κ3) is 1.76. The second-order valence-corrected chi connectivity index (χ2v) is 5.70. The Morgan fingerprint density at radius 2 is 2.00 bits per heavy atom. The molecule has 0 spiro atoms. The summed E-state index contributed by atoms with van der Waals surface area (Å²) in [6.07, 6.45) is 3.23. The van der Waals surface area contributed by atoms with Crippen LogP contribution < -0.4 is 0 Å². The van der Waals surface area contributed by atoms with Crippen molar-refractivity contribution in [1.29, 1.82) is 0 Å². The van der Waals surface area contributed by atoms with Gasteiger partial charge in [-0.1, -0.05) is 18.2 Å². The molecule has 1 atom stereocenters. The van der Waals surface area contributed by atoms with Gasteiger partial charge in [-0.05, 0) is 24.5 Å². The van der Waals surface area contributed by atoms with Crippen molar-refractivity contribution >= 4 is 28.7 Å². The highest BCUT2D eigenvalue weighted by Gasteiger charge is 2.51. The molecule has 1 aromatic carbocycles. The second-order valence-electron chi connectivity index (χ2n) is 5.70. The third-order valence-corrected chi connectivity index (χ3v) is 4.48. The molecule has 0 saturated carbocycles. The average molecular weight is 297 g/mol. The van der Waals surface area contributed by atoms with E-state index in [9.17, 15) is 14.4 Å². The van der Waals surface area contributed by atoms with Crippen LogP contribution in [0.2, 0.25) is 0 Å². The molecule has 22 heavy (non-hydrogen) atoms. The van der Waals surface area contributed by atoms with Gasteiger partial charge in [-0.25, -0.2) is 4.79 Å². The summed E-state index contributed by atoms with van der Waals surface area (Å²) in [4.78, 5) is 41.7. The average Bonchev–Trinajstić information content (AvgIpc) is 3.16. The first-order valence-corrected chi connectivity index (χ1v) is 7.39. The molecule has 2 aromatic rings. The molecule has 6 nitrogen and oxygen atoms in total. The van der Waals surface area contributed by atoms with E-state index in [2.05, 4.69) is 4.98 Å². The van der Waals surface area contributed by atoms with Crippen LogP contribution in [0, 0.1) is 0 Å². The number of urea groups is 1. The summed E-state index contributed by atoms with van der Waals surface area (Å²) >= 11 is 0. The number of para-hydroxylation sites is 1. The van der Waals surface area contributed by atoms with Crippen LogP contribution in [-0.2, 0) is 16.0 Å². The molecule has 1 aromatic heterocycles. The zero-order valence-corrected chi connectivity index (χ0v) is 11.9. The number of carbonyl (C=O) groups is 3. The van der Waals surface area contributed by atoms with E-state index in [1.165, 1.54) is 4.90 Å². The van der Waals surface area contributed by atoms with Gasteiger partial charge < -0.3 is 4.98 Å². The van der Waals surface area contributed by atoms with Gasteiger partial charge in [-0.3, -0.25) is 19.4 Å². The highest BCUT2D eigenvalue weighted by Crippen LogP contribution is 2.29. The minimum atomic E-state index is -0.567. The van der Waals surface area contributed by atoms with Crippen LogP contribution >= 0.6 is 0 Å². The summed E-state index contributed by atoms with van der Waals surface area (Å²) < 4.78 is 0. The normalized spacial score (nSPS) is 21.3. The SMILES string of the molecule is O=C1[C@@H]2CCC(=O)N2C(=O)N1CCc1c[nH]c2ccccc12. The zero-order chi connectivity index (χ0) is 15.3. The van der Waals surface area contributed by atoms with Crippen LogP contribution in [0.1, 0.15) is 18.4 Å². The van der Waals surface area contributed by atoms with Gasteiger partial charge in [0.05, 0.1) is 0 Å². The molecular formula is C16H15N3O3. The summed E-state index contributed by atoms with van der Waals surface area (Å²) in [6.45, 7) is 0.305. The number of fused-ring (bicyclic) bond motifs is 2. The number of carbonyl (C=O) groups excluding carboxylic acids is 3. The molecule has 6 heteroatoms. The maximum Gasteiger partial charge on any atom is 0.334 e. The van der Waals surface area contributed by atoms with Crippen LogP contribution in [0.15, 0.2) is 30.5 Å². The Bertz CT molecular complexity index is 795. The summed E-state index contributed by atoms with van der Waals surface area (Å²) in [5, 5.41) is 1.10. The number of aromatic nitrogens is 1. The Morgan fingerprint density at radius 3 is 2.82 bits per heavy atom. The molecule has 1 N–H and O–H groups in total. The largest absolute Gasteiger partial charge is 0.361 e. The predicted octanol–water partition coefficient (Wildman–Crippen LogP) is 1.66. The fraction of sp³-hybridized carbons (Fsp3) is 0.312. The summed E-state index contributed by atoms with van der Waals surface area (Å²) in [5.41, 5.74) is 2.10. The summed E-state index contributed by atoms with van der Waals surface area (Å²) in [6, 6.07) is 6.88. The molecule has 4 rings (SSSR count). The Labute approximate surface area is 126 Å². The number of benzene rings is 1. The minimum Gasteiger partial charge on any atom is -0.361 e. The van der Waals surface area contributed by atoms with Gasteiger partial charge in [0, 0.05) is 30.1 Å². The third-order valence-electron chi connectivity index (χ3n) is 4.48. The standard InChI is InChI=1S/C16H15N3O3/c20-14-6-5-13-15(21)18(16(22)19(13)14)8-7-10-9-17-12-4-2-1-3-11(10)12/h1-4,9,13,17H,5-8H2/t13-/m0/s1. The van der Waals surface area contributed by atoms with E-state index < -0.39 is 12.1 Å². The first kappa shape index (κ1) is 13.1. The number of imide groups is 2. The monoisotopic (exact) mass is 297 g/mol. The van der Waals surface area contributed by atoms with E-state index >= 15 is 0 Å². The lowest BCUT2D eigenvalue weighted by atomic mass is 10.1. The van der Waals surface area contributed by atoms with E-state index in [-0.39, 0.29) is 11.8 Å². The number of hydrogen-bond acceptors (Lipinski definition) is 3. The Balaban J connectivity index is 1.54. The van der Waals surface area contributed by atoms with E-state index in [1.54, 1.807) is 0 Å². The molecule has 0 aliphatic carbocycles. The van der Waals surface area contributed by atoms with Crippen molar-refractivity contribution in [2.24, 2.45) is 0 Å². The fourth-order valence-electron chi connectivity index (χ4n) is 3.34. The van der Waals surface area contributed by atoms with E-state index in [4.69, 9.17) is 0 Å². The maximum atomic E-state index is 12.3. The van der Waals surface area contributed by atoms with Crippen molar-refractivity contribution in [3.63, 3.8) is 0 Å². The van der Waals surface area contributed by atoms with Crippen molar-refractivity contribution in [3.8, 4) is 0 Å². The fourth-order valence-corrected chi connectivity index (χ4v) is 3.34. The predicted molar refractivity (Wildman–Crippen MR) is 79.0 cm³/mol. The number of H-pyrrole nitrogens is 1. The summed E-state index contributed by atoms with van der Waals surface area (Å²) in [5.74, 6) is -0.478. The number of nitrogens with zero attached hydrogens (tertiary/aromatic N) is 2. The van der Waals surface area contributed by atoms with Crippen molar-refractivity contribution in [1.82, 2.24) is 14.8 Å². The van der Waals surface area contributed by atoms with Crippen molar-refractivity contribution in [2.45, 2.75) is 25.3 Å². The van der Waals surface area contributed by atoms with Gasteiger partial charge in [0.25, 0.3) is 5.91 Å². The Kier molecular flexibility index (Phi) is 2.79. The van der Waals surface area contributed by atoms with Gasteiger partial charge in [-0.15, -0.1) is 0 Å². The number of amides is 4. The lowest BCUT2D eigenvalue weighted by Crippen LogP contribution is -2.36. The van der Waals surface area contributed by atoms with E-state index in [0.717, 1.165) is 21.4 Å². The molecule has 0 radical (unpaired) electrons. The highest BCUT2D eigenvalue weighted by atomic mass is 16.2. The molecule has 3 heterocycles. The molecule has 4 amide bonds. The molecule has 2 saturated heterocycles. The molecule has 2 aliphatic rings. The van der Waals surface area contributed by atoms with Gasteiger partial charge in [-0.2, -0.15) is 0 Å². The Hall–Kier alpha value is -2.63. The van der Waals surface area contributed by atoms with Crippen LogP contribution in [0.5, 0.6) is 0 Å². The first-order valence-electron chi connectivity index (χ1n) is 7.39. The highest BCUT2D eigenvalue weighted by molar-refractivity contribution is 6.13. The number of hydrogen-bond donors (Lipinski definition) is 1. The number of nitrogens with one attached hydrogen (secondary N) is 1. The lowest BCUT2D eigenvalue weighted by Gasteiger charge is -2.14. The molecule has 2 aliphatic heterocycles. The molecule has 0 bridgehead atoms. The minimum absolute atomic E-state index is 0.238. The van der Waals surface area contributed by atoms with Crippen LogP contribution in [-0.4, -0.2) is 45.2 Å². The van der Waals surface area contributed by atoms with Gasteiger partial charge in [0.2, 0.25) is 5.91 Å². The number of rotatable bonds is 3. The molecule has 2 fully saturated rings. The van der Waals surface area contributed by atoms with Crippen LogP contribution in [0.25, 0.3) is 10.9 Å². The van der Waals surface area contributed by atoms with Crippen LogP contribution in [0.3, 0.4) is 0 Å². The van der Waals surface area contributed by atoms with Crippen LogP contribution in [0.4, 0.5) is 4.79 Å². The van der Waals surface area contributed by atoms with E-state index in [0.29, 0.717) is 25.8 Å². The molecule has 0 unspecified atom stereocenters.